The van der Waals surface area contributed by atoms with Crippen molar-refractivity contribution in [3.8, 4) is 0 Å². The standard InChI is InChI=1S/C15H20N2O3/c1-10-6-7-11(14(18)16-10)15(19)17-8-9-20-13-5-3-2-4-12(13)17/h6-7,12-13H,2-5,8-9H2,1H3,(H,16,18)/t12-,13-/m1/s1. The molecule has 2 atom stereocenters. The molecule has 2 aliphatic rings. The number of amides is 1. The summed E-state index contributed by atoms with van der Waals surface area (Å²) in [6.45, 7) is 2.95. The van der Waals surface area contributed by atoms with Crippen LogP contribution in [0, 0.1) is 6.92 Å². The summed E-state index contributed by atoms with van der Waals surface area (Å²) in [6.07, 6.45) is 4.41. The molecule has 5 heteroatoms. The number of pyridine rings is 1. The largest absolute Gasteiger partial charge is 0.374 e. The number of aromatic amines is 1. The summed E-state index contributed by atoms with van der Waals surface area (Å²) < 4.78 is 5.77. The number of hydrogen-bond acceptors (Lipinski definition) is 3. The van der Waals surface area contributed by atoms with Gasteiger partial charge in [-0.15, -0.1) is 0 Å². The van der Waals surface area contributed by atoms with E-state index in [0.29, 0.717) is 13.2 Å². The number of ether oxygens (including phenoxy) is 1. The van der Waals surface area contributed by atoms with Gasteiger partial charge in [-0.2, -0.15) is 0 Å². The molecular formula is C15H20N2O3. The molecule has 0 bridgehead atoms. The molecule has 2 heterocycles. The summed E-state index contributed by atoms with van der Waals surface area (Å²) in [7, 11) is 0. The number of carbonyl (C=O) groups excluding carboxylic acids is 1. The highest BCUT2D eigenvalue weighted by Gasteiger charge is 2.37. The highest BCUT2D eigenvalue weighted by Crippen LogP contribution is 2.29. The van der Waals surface area contributed by atoms with E-state index in [1.165, 1.54) is 0 Å². The van der Waals surface area contributed by atoms with Crippen LogP contribution >= 0.6 is 0 Å². The van der Waals surface area contributed by atoms with Gasteiger partial charge in [0.25, 0.3) is 11.5 Å². The second-order valence-electron chi connectivity index (χ2n) is 5.64. The van der Waals surface area contributed by atoms with E-state index >= 15 is 0 Å². The number of rotatable bonds is 1. The summed E-state index contributed by atoms with van der Waals surface area (Å²) in [5, 5.41) is 0. The molecule has 1 aromatic heterocycles. The average Bonchev–Trinajstić information content (AvgIpc) is 2.46. The predicted molar refractivity (Wildman–Crippen MR) is 74.8 cm³/mol. The molecule has 1 aromatic rings. The van der Waals surface area contributed by atoms with Gasteiger partial charge in [0.15, 0.2) is 0 Å². The van der Waals surface area contributed by atoms with Crippen molar-refractivity contribution < 1.29 is 9.53 Å². The van der Waals surface area contributed by atoms with Crippen LogP contribution in [0.2, 0.25) is 0 Å². The van der Waals surface area contributed by atoms with Gasteiger partial charge in [0.05, 0.1) is 18.8 Å². The van der Waals surface area contributed by atoms with E-state index in [0.717, 1.165) is 31.4 Å². The zero-order chi connectivity index (χ0) is 14.1. The Bertz CT molecular complexity index is 564. The van der Waals surface area contributed by atoms with Crippen molar-refractivity contribution >= 4 is 5.91 Å². The van der Waals surface area contributed by atoms with Gasteiger partial charge < -0.3 is 14.6 Å². The van der Waals surface area contributed by atoms with E-state index in [-0.39, 0.29) is 29.2 Å². The fourth-order valence-electron chi connectivity index (χ4n) is 3.24. The van der Waals surface area contributed by atoms with Gasteiger partial charge in [-0.1, -0.05) is 12.8 Å². The number of H-pyrrole nitrogens is 1. The lowest BCUT2D eigenvalue weighted by molar-refractivity contribution is -0.0753. The SMILES string of the molecule is Cc1ccc(C(=O)N2CCO[C@@H]3CCCC[C@H]32)c(=O)[nH]1. The molecule has 1 aliphatic heterocycles. The molecule has 2 fully saturated rings. The van der Waals surface area contributed by atoms with E-state index in [1.807, 2.05) is 11.8 Å². The third kappa shape index (κ3) is 2.38. The first-order valence-electron chi connectivity index (χ1n) is 7.29. The van der Waals surface area contributed by atoms with Crippen molar-refractivity contribution in [1.29, 1.82) is 0 Å². The van der Waals surface area contributed by atoms with Crippen LogP contribution in [0.25, 0.3) is 0 Å². The van der Waals surface area contributed by atoms with Crippen molar-refractivity contribution in [2.45, 2.75) is 44.8 Å². The molecule has 3 rings (SSSR count). The van der Waals surface area contributed by atoms with Crippen LogP contribution in [0.3, 0.4) is 0 Å². The van der Waals surface area contributed by atoms with Crippen LogP contribution in [-0.4, -0.2) is 41.1 Å². The van der Waals surface area contributed by atoms with Gasteiger partial charge in [0, 0.05) is 12.2 Å². The highest BCUT2D eigenvalue weighted by atomic mass is 16.5. The minimum Gasteiger partial charge on any atom is -0.374 e. The maximum absolute atomic E-state index is 12.6. The van der Waals surface area contributed by atoms with E-state index < -0.39 is 0 Å². The first-order chi connectivity index (χ1) is 9.66. The van der Waals surface area contributed by atoms with Crippen molar-refractivity contribution in [3.63, 3.8) is 0 Å². The quantitative estimate of drug-likeness (QED) is 0.845. The third-order valence-corrected chi connectivity index (χ3v) is 4.28. The van der Waals surface area contributed by atoms with Crippen LogP contribution in [0.5, 0.6) is 0 Å². The molecule has 0 radical (unpaired) electrons. The molecule has 5 nitrogen and oxygen atoms in total. The summed E-state index contributed by atoms with van der Waals surface area (Å²) >= 11 is 0. The molecule has 1 saturated carbocycles. The first-order valence-corrected chi connectivity index (χ1v) is 7.29. The Balaban J connectivity index is 1.87. The van der Waals surface area contributed by atoms with Gasteiger partial charge in [0.1, 0.15) is 5.56 Å². The van der Waals surface area contributed by atoms with E-state index in [1.54, 1.807) is 12.1 Å². The molecule has 20 heavy (non-hydrogen) atoms. The summed E-state index contributed by atoms with van der Waals surface area (Å²) in [5.41, 5.74) is 0.708. The summed E-state index contributed by atoms with van der Waals surface area (Å²) in [6, 6.07) is 3.53. The maximum atomic E-state index is 12.6. The lowest BCUT2D eigenvalue weighted by Crippen LogP contribution is -2.55. The molecule has 1 aliphatic carbocycles. The van der Waals surface area contributed by atoms with Gasteiger partial charge in [-0.05, 0) is 31.9 Å². The van der Waals surface area contributed by atoms with Gasteiger partial charge in [0.2, 0.25) is 0 Å². The normalized spacial score (nSPS) is 26.1. The minimum atomic E-state index is -0.297. The Morgan fingerprint density at radius 1 is 1.35 bits per heavy atom. The number of nitrogens with zero attached hydrogens (tertiary/aromatic N) is 1. The molecule has 1 amide bonds. The summed E-state index contributed by atoms with van der Waals surface area (Å²) in [5.74, 6) is -0.161. The van der Waals surface area contributed by atoms with Crippen molar-refractivity contribution in [2.24, 2.45) is 0 Å². The zero-order valence-electron chi connectivity index (χ0n) is 11.7. The molecule has 0 unspecified atom stereocenters. The van der Waals surface area contributed by atoms with Gasteiger partial charge in [-0.3, -0.25) is 9.59 Å². The van der Waals surface area contributed by atoms with Crippen LogP contribution in [0.1, 0.15) is 41.7 Å². The second-order valence-corrected chi connectivity index (χ2v) is 5.64. The predicted octanol–water partition coefficient (Wildman–Crippen LogP) is 1.47. The maximum Gasteiger partial charge on any atom is 0.260 e. The molecular weight excluding hydrogens is 256 g/mol. The first kappa shape index (κ1) is 13.4. The Hall–Kier alpha value is -1.62. The molecule has 108 valence electrons. The third-order valence-electron chi connectivity index (χ3n) is 4.28. The lowest BCUT2D eigenvalue weighted by Gasteiger charge is -2.43. The van der Waals surface area contributed by atoms with E-state index in [9.17, 15) is 9.59 Å². The van der Waals surface area contributed by atoms with Crippen molar-refractivity contribution in [2.75, 3.05) is 13.2 Å². The number of fused-ring (bicyclic) bond motifs is 1. The zero-order valence-corrected chi connectivity index (χ0v) is 11.7. The number of morpholine rings is 1. The molecule has 1 N–H and O–H groups in total. The summed E-state index contributed by atoms with van der Waals surface area (Å²) in [4.78, 5) is 29.1. The fraction of sp³-hybridized carbons (Fsp3) is 0.600. The number of nitrogens with one attached hydrogen (secondary N) is 1. The fourth-order valence-corrected chi connectivity index (χ4v) is 3.24. The van der Waals surface area contributed by atoms with Gasteiger partial charge >= 0.3 is 0 Å². The average molecular weight is 276 g/mol. The molecule has 0 aromatic carbocycles. The molecule has 1 saturated heterocycles. The Kier molecular flexibility index (Phi) is 3.61. The smallest absolute Gasteiger partial charge is 0.260 e. The van der Waals surface area contributed by atoms with Crippen LogP contribution in [-0.2, 0) is 4.74 Å². The van der Waals surface area contributed by atoms with E-state index in [4.69, 9.17) is 4.74 Å². The monoisotopic (exact) mass is 276 g/mol. The second kappa shape index (κ2) is 5.40. The Labute approximate surface area is 117 Å². The van der Waals surface area contributed by atoms with Crippen LogP contribution in [0.4, 0.5) is 0 Å². The van der Waals surface area contributed by atoms with E-state index in [2.05, 4.69) is 4.98 Å². The number of hydrogen-bond donors (Lipinski definition) is 1. The number of aromatic nitrogens is 1. The topological polar surface area (TPSA) is 62.4 Å². The van der Waals surface area contributed by atoms with Crippen molar-refractivity contribution in [1.82, 2.24) is 9.88 Å². The minimum absolute atomic E-state index is 0.130. The Morgan fingerprint density at radius 2 is 2.15 bits per heavy atom. The van der Waals surface area contributed by atoms with Crippen molar-refractivity contribution in [3.05, 3.63) is 33.7 Å². The number of aryl methyl sites for hydroxylation is 1. The highest BCUT2D eigenvalue weighted by molar-refractivity contribution is 5.94. The van der Waals surface area contributed by atoms with Crippen LogP contribution in [0.15, 0.2) is 16.9 Å². The van der Waals surface area contributed by atoms with Gasteiger partial charge in [-0.25, -0.2) is 0 Å². The Morgan fingerprint density at radius 3 is 2.95 bits per heavy atom. The van der Waals surface area contributed by atoms with Crippen LogP contribution < -0.4 is 5.56 Å². The number of carbonyl (C=O) groups is 1. The lowest BCUT2D eigenvalue weighted by atomic mass is 9.90. The molecule has 0 spiro atoms.